The van der Waals surface area contributed by atoms with Crippen molar-refractivity contribution in [1.29, 1.82) is 0 Å². The van der Waals surface area contributed by atoms with Gasteiger partial charge in [-0.2, -0.15) is 0 Å². The summed E-state index contributed by atoms with van der Waals surface area (Å²) in [6.07, 6.45) is 2.18. The van der Waals surface area contributed by atoms with E-state index >= 15 is 0 Å². The van der Waals surface area contributed by atoms with E-state index in [2.05, 4.69) is 71.9 Å². The lowest BCUT2D eigenvalue weighted by atomic mass is 9.82. The maximum absolute atomic E-state index is 3.37. The Hall–Kier alpha value is -1.56. The number of hydrogen-bond donors (Lipinski definition) is 0. The predicted molar refractivity (Wildman–Crippen MR) is 101 cm³/mol. The average Bonchev–Trinajstić information content (AvgIpc) is 2.52. The lowest BCUT2D eigenvalue weighted by Crippen LogP contribution is -2.08. The van der Waals surface area contributed by atoms with Crippen LogP contribution in [-0.4, -0.2) is 0 Å². The van der Waals surface area contributed by atoms with Crippen molar-refractivity contribution >= 4 is 0 Å². The molecule has 0 heterocycles. The quantitative estimate of drug-likeness (QED) is 0.561. The Morgan fingerprint density at radius 1 is 0.783 bits per heavy atom. The molecule has 0 aliphatic carbocycles. The van der Waals surface area contributed by atoms with E-state index in [0.717, 1.165) is 12.8 Å². The van der Waals surface area contributed by atoms with Gasteiger partial charge in [-0.05, 0) is 64.5 Å². The monoisotopic (exact) mass is 307 g/mol. The average molecular weight is 308 g/mol. The summed E-state index contributed by atoms with van der Waals surface area (Å²) < 4.78 is 0. The molecule has 2 aromatic carbocycles. The Balaban J connectivity index is 2.42. The maximum Gasteiger partial charge on any atom is -0.0149 e. The van der Waals surface area contributed by atoms with E-state index < -0.39 is 0 Å². The van der Waals surface area contributed by atoms with Crippen LogP contribution in [0.3, 0.4) is 0 Å². The minimum atomic E-state index is 0.570. The van der Waals surface area contributed by atoms with E-state index in [1.807, 2.05) is 12.1 Å². The van der Waals surface area contributed by atoms with Crippen molar-refractivity contribution in [1.82, 2.24) is 0 Å². The fraction of sp³-hybridized carbons (Fsp3) is 0.478. The molecule has 23 heavy (non-hydrogen) atoms. The second-order valence-electron chi connectivity index (χ2n) is 7.53. The van der Waals surface area contributed by atoms with Gasteiger partial charge in [0.2, 0.25) is 0 Å². The number of benzene rings is 2. The second kappa shape index (κ2) is 7.81. The van der Waals surface area contributed by atoms with Crippen molar-refractivity contribution in [2.75, 3.05) is 0 Å². The van der Waals surface area contributed by atoms with Gasteiger partial charge in [-0.1, -0.05) is 77.9 Å². The Kier molecular flexibility index (Phi) is 6.04. The summed E-state index contributed by atoms with van der Waals surface area (Å²) in [5.41, 5.74) is 7.43. The molecule has 0 heteroatoms. The zero-order chi connectivity index (χ0) is 17.0. The van der Waals surface area contributed by atoms with Crippen LogP contribution in [0.1, 0.15) is 87.1 Å². The molecule has 0 fully saturated rings. The molecule has 0 N–H and O–H groups in total. The zero-order valence-electron chi connectivity index (χ0n) is 15.6. The molecule has 0 aliphatic heterocycles. The third-order valence-electron chi connectivity index (χ3n) is 4.67. The molecule has 1 radical (unpaired) electrons. The van der Waals surface area contributed by atoms with E-state index in [1.165, 1.54) is 22.3 Å². The molecule has 2 rings (SSSR count). The maximum atomic E-state index is 3.37. The molecule has 0 nitrogen and oxygen atoms in total. The Morgan fingerprint density at radius 3 is 1.83 bits per heavy atom. The third kappa shape index (κ3) is 4.47. The first-order chi connectivity index (χ1) is 10.9. The van der Waals surface area contributed by atoms with Gasteiger partial charge in [0.25, 0.3) is 0 Å². The van der Waals surface area contributed by atoms with Crippen molar-refractivity contribution in [2.24, 2.45) is 0 Å². The topological polar surface area (TPSA) is 0 Å². The summed E-state index contributed by atoms with van der Waals surface area (Å²) >= 11 is 0. The van der Waals surface area contributed by atoms with Crippen LogP contribution in [0.5, 0.6) is 0 Å². The van der Waals surface area contributed by atoms with Gasteiger partial charge < -0.3 is 0 Å². The number of hydrogen-bond acceptors (Lipinski definition) is 0. The highest BCUT2D eigenvalue weighted by molar-refractivity contribution is 5.44. The molecule has 0 aliphatic rings. The van der Waals surface area contributed by atoms with Gasteiger partial charge in [-0.25, -0.2) is 0 Å². The van der Waals surface area contributed by atoms with Crippen LogP contribution >= 0.6 is 0 Å². The third-order valence-corrected chi connectivity index (χ3v) is 4.67. The molecule has 0 bridgehead atoms. The van der Waals surface area contributed by atoms with E-state index in [-0.39, 0.29) is 0 Å². The van der Waals surface area contributed by atoms with Gasteiger partial charge in [0.1, 0.15) is 0 Å². The van der Waals surface area contributed by atoms with Crippen LogP contribution in [0.4, 0.5) is 0 Å². The van der Waals surface area contributed by atoms with Gasteiger partial charge >= 0.3 is 0 Å². The normalized spacial score (nSPS) is 11.7. The highest BCUT2D eigenvalue weighted by Crippen LogP contribution is 2.32. The molecule has 0 spiro atoms. The van der Waals surface area contributed by atoms with Crippen LogP contribution in [-0.2, 0) is 12.8 Å². The fourth-order valence-corrected chi connectivity index (χ4v) is 3.24. The fourth-order valence-electron chi connectivity index (χ4n) is 3.24. The first kappa shape index (κ1) is 17.8. The Bertz CT molecular complexity index is 589. The van der Waals surface area contributed by atoms with E-state index in [0.29, 0.717) is 17.8 Å². The van der Waals surface area contributed by atoms with Crippen molar-refractivity contribution in [3.8, 4) is 0 Å². The molecule has 123 valence electrons. The van der Waals surface area contributed by atoms with Crippen LogP contribution in [0.15, 0.2) is 36.4 Å². The molecule has 0 aromatic heterocycles. The van der Waals surface area contributed by atoms with E-state index in [1.54, 1.807) is 5.56 Å². The van der Waals surface area contributed by atoms with Crippen LogP contribution < -0.4 is 0 Å². The Labute approximate surface area is 143 Å². The summed E-state index contributed by atoms with van der Waals surface area (Å²) in [5.74, 6) is 1.73. The van der Waals surface area contributed by atoms with Crippen molar-refractivity contribution in [3.05, 3.63) is 70.3 Å². The van der Waals surface area contributed by atoms with E-state index in [4.69, 9.17) is 0 Å². The van der Waals surface area contributed by atoms with Crippen molar-refractivity contribution < 1.29 is 0 Å². The van der Waals surface area contributed by atoms with Crippen LogP contribution in [0.2, 0.25) is 0 Å². The summed E-state index contributed by atoms with van der Waals surface area (Å²) in [5, 5.41) is 0. The highest BCUT2D eigenvalue weighted by Gasteiger charge is 2.16. The molecular weight excluding hydrogens is 276 g/mol. The van der Waals surface area contributed by atoms with E-state index in [9.17, 15) is 0 Å². The lowest BCUT2D eigenvalue weighted by Gasteiger charge is -2.23. The summed E-state index contributed by atoms with van der Waals surface area (Å²) in [6.45, 7) is 13.9. The molecule has 0 amide bonds. The minimum Gasteiger partial charge on any atom is -0.0620 e. The van der Waals surface area contributed by atoms with Crippen LogP contribution in [0.25, 0.3) is 0 Å². The van der Waals surface area contributed by atoms with Gasteiger partial charge in [-0.15, -0.1) is 0 Å². The summed E-state index contributed by atoms with van der Waals surface area (Å²) in [4.78, 5) is 0. The largest absolute Gasteiger partial charge is 0.0620 e. The van der Waals surface area contributed by atoms with Crippen molar-refractivity contribution in [3.63, 3.8) is 0 Å². The molecular formula is C23H31. The minimum absolute atomic E-state index is 0.570. The molecule has 0 unspecified atom stereocenters. The summed E-state index contributed by atoms with van der Waals surface area (Å²) in [7, 11) is 0. The van der Waals surface area contributed by atoms with Gasteiger partial charge in [-0.3, -0.25) is 0 Å². The first-order valence-electron chi connectivity index (χ1n) is 9.02. The lowest BCUT2D eigenvalue weighted by molar-refractivity contribution is 0.766. The SMILES string of the molecule is CC(C)c1cc(C(C)C)c(CCc2[c]cccc2)c(C(C)C)c1. The predicted octanol–water partition coefficient (Wildman–Crippen LogP) is 6.64. The van der Waals surface area contributed by atoms with Gasteiger partial charge in [0, 0.05) is 0 Å². The zero-order valence-corrected chi connectivity index (χ0v) is 15.6. The highest BCUT2D eigenvalue weighted by atomic mass is 14.2. The van der Waals surface area contributed by atoms with Crippen molar-refractivity contribution in [2.45, 2.75) is 72.1 Å². The van der Waals surface area contributed by atoms with Gasteiger partial charge in [0.05, 0.1) is 0 Å². The molecule has 0 atom stereocenters. The first-order valence-corrected chi connectivity index (χ1v) is 9.02. The van der Waals surface area contributed by atoms with Crippen LogP contribution in [0, 0.1) is 6.07 Å². The second-order valence-corrected chi connectivity index (χ2v) is 7.53. The summed E-state index contributed by atoms with van der Waals surface area (Å²) in [6, 6.07) is 16.6. The molecule has 0 saturated heterocycles. The smallest absolute Gasteiger partial charge is 0.0149 e. The standard InChI is InChI=1S/C23H31/c1-16(2)20-14-22(17(3)4)21(23(15-20)18(5)6)13-12-19-10-8-7-9-11-19/h7-10,14-18H,12-13H2,1-6H3. The molecule has 0 saturated carbocycles. The molecule has 2 aromatic rings. The number of aryl methyl sites for hydroxylation is 1. The number of rotatable bonds is 6. The van der Waals surface area contributed by atoms with Gasteiger partial charge in [0.15, 0.2) is 0 Å². The Morgan fingerprint density at radius 2 is 1.39 bits per heavy atom.